The molecule has 0 aliphatic carbocycles. The summed E-state index contributed by atoms with van der Waals surface area (Å²) in [6.45, 7) is 0.926. The SMILES string of the molecule is CN(C)CCN1C(=O)SC(=Cc2ccc3c(ccn3Cc3ccc(Cl)cc3C(F)(F)F)c2)C1=O. The zero-order chi connectivity index (χ0) is 24.6. The third kappa shape index (κ3) is 5.16. The van der Waals surface area contributed by atoms with E-state index in [9.17, 15) is 22.8 Å². The molecule has 10 heteroatoms. The van der Waals surface area contributed by atoms with Crippen molar-refractivity contribution in [2.75, 3.05) is 27.2 Å². The predicted octanol–water partition coefficient (Wildman–Crippen LogP) is 5.96. The summed E-state index contributed by atoms with van der Waals surface area (Å²) in [5.74, 6) is -0.322. The monoisotopic (exact) mass is 507 g/mol. The molecular weight excluding hydrogens is 487 g/mol. The van der Waals surface area contributed by atoms with E-state index in [0.29, 0.717) is 18.0 Å². The Morgan fingerprint density at radius 3 is 2.56 bits per heavy atom. The fourth-order valence-electron chi connectivity index (χ4n) is 3.72. The van der Waals surface area contributed by atoms with Crippen LogP contribution in [-0.4, -0.2) is 52.7 Å². The number of rotatable bonds is 6. The van der Waals surface area contributed by atoms with Gasteiger partial charge in [-0.05, 0) is 73.4 Å². The van der Waals surface area contributed by atoms with E-state index in [2.05, 4.69) is 0 Å². The summed E-state index contributed by atoms with van der Waals surface area (Å²) in [5.41, 5.74) is 0.832. The van der Waals surface area contributed by atoms with Crippen LogP contribution in [0.25, 0.3) is 17.0 Å². The van der Waals surface area contributed by atoms with Crippen molar-refractivity contribution < 1.29 is 22.8 Å². The van der Waals surface area contributed by atoms with E-state index in [1.165, 1.54) is 17.0 Å². The second-order valence-corrected chi connectivity index (χ2v) is 9.63. The van der Waals surface area contributed by atoms with Crippen LogP contribution >= 0.6 is 23.4 Å². The molecule has 34 heavy (non-hydrogen) atoms. The summed E-state index contributed by atoms with van der Waals surface area (Å²) >= 11 is 6.69. The molecule has 178 valence electrons. The van der Waals surface area contributed by atoms with Gasteiger partial charge in [0, 0.05) is 41.8 Å². The summed E-state index contributed by atoms with van der Waals surface area (Å²) in [6.07, 6.45) is -1.12. The van der Waals surface area contributed by atoms with Crippen LogP contribution in [0.5, 0.6) is 0 Å². The van der Waals surface area contributed by atoms with Crippen molar-refractivity contribution in [1.82, 2.24) is 14.4 Å². The summed E-state index contributed by atoms with van der Waals surface area (Å²) in [6, 6.07) is 11.0. The number of carbonyl (C=O) groups is 2. The number of alkyl halides is 3. The average molecular weight is 508 g/mol. The summed E-state index contributed by atoms with van der Waals surface area (Å²) < 4.78 is 42.1. The van der Waals surface area contributed by atoms with E-state index in [-0.39, 0.29) is 28.3 Å². The Kier molecular flexibility index (Phi) is 6.80. The summed E-state index contributed by atoms with van der Waals surface area (Å²) in [7, 11) is 3.74. The normalized spacial score (nSPS) is 16.0. The minimum Gasteiger partial charge on any atom is -0.343 e. The van der Waals surface area contributed by atoms with Gasteiger partial charge in [0.2, 0.25) is 0 Å². The van der Waals surface area contributed by atoms with Gasteiger partial charge in [-0.1, -0.05) is 23.7 Å². The predicted molar refractivity (Wildman–Crippen MR) is 129 cm³/mol. The maximum absolute atomic E-state index is 13.5. The van der Waals surface area contributed by atoms with E-state index < -0.39 is 11.7 Å². The van der Waals surface area contributed by atoms with Crippen LogP contribution in [-0.2, 0) is 17.5 Å². The number of thioether (sulfide) groups is 1. The highest BCUT2D eigenvalue weighted by atomic mass is 35.5. The quantitative estimate of drug-likeness (QED) is 0.386. The van der Waals surface area contributed by atoms with Crippen LogP contribution in [0.4, 0.5) is 18.0 Å². The Balaban J connectivity index is 1.58. The van der Waals surface area contributed by atoms with Crippen molar-refractivity contribution in [2.24, 2.45) is 0 Å². The number of fused-ring (bicyclic) bond motifs is 1. The van der Waals surface area contributed by atoms with Crippen LogP contribution in [0.1, 0.15) is 16.7 Å². The topological polar surface area (TPSA) is 45.5 Å². The van der Waals surface area contributed by atoms with Gasteiger partial charge in [-0.2, -0.15) is 13.2 Å². The molecule has 1 saturated heterocycles. The number of hydrogen-bond acceptors (Lipinski definition) is 4. The lowest BCUT2D eigenvalue weighted by Gasteiger charge is -2.15. The molecule has 1 aliphatic heterocycles. The first-order valence-corrected chi connectivity index (χ1v) is 11.6. The molecule has 0 unspecified atom stereocenters. The molecule has 2 heterocycles. The Morgan fingerprint density at radius 2 is 1.85 bits per heavy atom. The largest absolute Gasteiger partial charge is 0.416 e. The number of benzene rings is 2. The number of likely N-dealkylation sites (N-methyl/N-ethyl adjacent to an activating group) is 1. The van der Waals surface area contributed by atoms with Crippen LogP contribution in [0.2, 0.25) is 5.02 Å². The molecule has 4 rings (SSSR count). The van der Waals surface area contributed by atoms with Gasteiger partial charge in [0.25, 0.3) is 11.1 Å². The average Bonchev–Trinajstić information content (AvgIpc) is 3.27. The Labute approximate surface area is 203 Å². The molecule has 0 saturated carbocycles. The fourth-order valence-corrected chi connectivity index (χ4v) is 4.76. The molecule has 0 bridgehead atoms. The minimum atomic E-state index is -4.51. The lowest BCUT2D eigenvalue weighted by Crippen LogP contribution is -2.34. The lowest BCUT2D eigenvalue weighted by molar-refractivity contribution is -0.138. The van der Waals surface area contributed by atoms with Gasteiger partial charge in [-0.15, -0.1) is 0 Å². The van der Waals surface area contributed by atoms with Crippen LogP contribution in [0.15, 0.2) is 53.6 Å². The number of aromatic nitrogens is 1. The molecule has 0 atom stereocenters. The van der Waals surface area contributed by atoms with Gasteiger partial charge in [-0.3, -0.25) is 14.5 Å². The van der Waals surface area contributed by atoms with E-state index >= 15 is 0 Å². The molecule has 3 aromatic rings. The van der Waals surface area contributed by atoms with Gasteiger partial charge >= 0.3 is 6.18 Å². The van der Waals surface area contributed by atoms with Gasteiger partial charge < -0.3 is 9.47 Å². The molecule has 0 radical (unpaired) electrons. The summed E-state index contributed by atoms with van der Waals surface area (Å²) in [5, 5.41) is 0.543. The maximum atomic E-state index is 13.5. The van der Waals surface area contributed by atoms with E-state index in [1.54, 1.807) is 35.0 Å². The molecule has 2 amide bonds. The highest BCUT2D eigenvalue weighted by Gasteiger charge is 2.35. The van der Waals surface area contributed by atoms with Crippen molar-refractivity contribution in [2.45, 2.75) is 12.7 Å². The molecule has 1 fully saturated rings. The van der Waals surface area contributed by atoms with Crippen molar-refractivity contribution in [3.05, 3.63) is 75.3 Å². The smallest absolute Gasteiger partial charge is 0.343 e. The van der Waals surface area contributed by atoms with Crippen LogP contribution in [0.3, 0.4) is 0 Å². The number of nitrogens with zero attached hydrogens (tertiary/aromatic N) is 3. The molecule has 1 aromatic heterocycles. The number of carbonyl (C=O) groups excluding carboxylic acids is 2. The zero-order valence-corrected chi connectivity index (χ0v) is 20.0. The first-order valence-electron chi connectivity index (χ1n) is 10.4. The van der Waals surface area contributed by atoms with Gasteiger partial charge in [0.15, 0.2) is 0 Å². The molecule has 0 spiro atoms. The highest BCUT2D eigenvalue weighted by molar-refractivity contribution is 8.18. The molecule has 0 N–H and O–H groups in total. The van der Waals surface area contributed by atoms with Gasteiger partial charge in [0.05, 0.1) is 10.5 Å². The van der Waals surface area contributed by atoms with Crippen molar-refractivity contribution >= 4 is 51.5 Å². The second kappa shape index (κ2) is 9.48. The lowest BCUT2D eigenvalue weighted by atomic mass is 10.1. The Morgan fingerprint density at radius 1 is 1.09 bits per heavy atom. The number of halogens is 4. The van der Waals surface area contributed by atoms with Crippen molar-refractivity contribution in [3.8, 4) is 0 Å². The Hall–Kier alpha value is -2.75. The zero-order valence-electron chi connectivity index (χ0n) is 18.4. The second-order valence-electron chi connectivity index (χ2n) is 8.20. The maximum Gasteiger partial charge on any atom is 0.416 e. The van der Waals surface area contributed by atoms with Crippen molar-refractivity contribution in [3.63, 3.8) is 0 Å². The molecule has 2 aromatic carbocycles. The standard InChI is InChI=1S/C24H21ClF3N3O2S/c1-29(2)9-10-31-22(32)21(34-23(31)33)12-15-3-6-20-16(11-15)7-8-30(20)14-17-4-5-18(25)13-19(17)24(26,27)28/h3-8,11-13H,9-10,14H2,1-2H3. The van der Waals surface area contributed by atoms with E-state index in [1.807, 2.05) is 25.1 Å². The summed E-state index contributed by atoms with van der Waals surface area (Å²) in [4.78, 5) is 28.3. The molecule has 1 aliphatic rings. The number of amides is 2. The number of hydrogen-bond donors (Lipinski definition) is 0. The van der Waals surface area contributed by atoms with Gasteiger partial charge in [-0.25, -0.2) is 0 Å². The van der Waals surface area contributed by atoms with Gasteiger partial charge in [0.1, 0.15) is 0 Å². The molecular formula is C24H21ClF3N3O2S. The number of imide groups is 1. The minimum absolute atomic E-state index is 0.0274. The first kappa shape index (κ1) is 24.4. The Bertz CT molecular complexity index is 1300. The van der Waals surface area contributed by atoms with Crippen LogP contribution in [0, 0.1) is 0 Å². The third-order valence-corrected chi connectivity index (χ3v) is 6.60. The van der Waals surface area contributed by atoms with E-state index in [0.717, 1.165) is 34.3 Å². The van der Waals surface area contributed by atoms with Crippen LogP contribution < -0.4 is 0 Å². The van der Waals surface area contributed by atoms with E-state index in [4.69, 9.17) is 11.6 Å². The van der Waals surface area contributed by atoms with Crippen molar-refractivity contribution in [1.29, 1.82) is 0 Å². The third-order valence-electron chi connectivity index (χ3n) is 5.46. The fraction of sp³-hybridized carbons (Fsp3) is 0.250. The molecule has 5 nitrogen and oxygen atoms in total. The first-order chi connectivity index (χ1) is 16.0. The highest BCUT2D eigenvalue weighted by Crippen LogP contribution is 2.35.